The summed E-state index contributed by atoms with van der Waals surface area (Å²) in [7, 11) is 3.20. The zero-order valence-corrected chi connectivity index (χ0v) is 7.63. The van der Waals surface area contributed by atoms with E-state index in [0.717, 1.165) is 17.8 Å². The van der Waals surface area contributed by atoms with Crippen LogP contribution in [0.15, 0.2) is 0 Å². The van der Waals surface area contributed by atoms with Gasteiger partial charge in [-0.3, -0.25) is 4.68 Å². The number of fused-ring (bicyclic) bond motifs is 1. The zero-order chi connectivity index (χ0) is 9.42. The Hall–Kier alpha value is -1.36. The first-order chi connectivity index (χ1) is 6.24. The van der Waals surface area contributed by atoms with Gasteiger partial charge in [0.2, 0.25) is 0 Å². The second-order valence-corrected chi connectivity index (χ2v) is 2.99. The van der Waals surface area contributed by atoms with Gasteiger partial charge < -0.3 is 10.1 Å². The molecule has 1 aliphatic rings. The smallest absolute Gasteiger partial charge is 0.358 e. The molecule has 0 spiro atoms. The van der Waals surface area contributed by atoms with Gasteiger partial charge in [-0.1, -0.05) is 0 Å². The van der Waals surface area contributed by atoms with Crippen LogP contribution >= 0.6 is 0 Å². The number of carbonyl (C=O) groups is 1. The molecule has 2 rings (SSSR count). The highest BCUT2D eigenvalue weighted by atomic mass is 16.5. The number of rotatable bonds is 1. The fourth-order valence-electron chi connectivity index (χ4n) is 1.58. The number of nitrogens with zero attached hydrogens (tertiary/aromatic N) is 2. The molecule has 1 aromatic rings. The number of methoxy groups -OCH3 is 1. The molecule has 13 heavy (non-hydrogen) atoms. The molecule has 0 aromatic carbocycles. The normalized spacial score (nSPS) is 14.3. The van der Waals surface area contributed by atoms with E-state index in [-0.39, 0.29) is 5.97 Å². The van der Waals surface area contributed by atoms with E-state index in [4.69, 9.17) is 0 Å². The number of esters is 1. The Morgan fingerprint density at radius 2 is 2.38 bits per heavy atom. The summed E-state index contributed by atoms with van der Waals surface area (Å²) in [6.07, 6.45) is 0. The minimum Gasteiger partial charge on any atom is -0.464 e. The van der Waals surface area contributed by atoms with Crippen molar-refractivity contribution in [3.63, 3.8) is 0 Å². The molecule has 0 fully saturated rings. The van der Waals surface area contributed by atoms with E-state index < -0.39 is 0 Å². The number of carbonyl (C=O) groups excluding carboxylic acids is 1. The summed E-state index contributed by atoms with van der Waals surface area (Å²) in [6.45, 7) is 1.48. The van der Waals surface area contributed by atoms with Gasteiger partial charge in [0.25, 0.3) is 0 Å². The van der Waals surface area contributed by atoms with Crippen LogP contribution in [0.4, 0.5) is 0 Å². The summed E-state index contributed by atoms with van der Waals surface area (Å²) in [6, 6.07) is 0. The van der Waals surface area contributed by atoms with Crippen molar-refractivity contribution in [1.82, 2.24) is 15.1 Å². The summed E-state index contributed by atoms with van der Waals surface area (Å²) < 4.78 is 6.36. The predicted molar refractivity (Wildman–Crippen MR) is 45.1 cm³/mol. The Morgan fingerprint density at radius 3 is 3.08 bits per heavy atom. The number of aromatic nitrogens is 2. The minimum atomic E-state index is -0.361. The van der Waals surface area contributed by atoms with Crippen LogP contribution in [0.2, 0.25) is 0 Å². The van der Waals surface area contributed by atoms with Gasteiger partial charge in [-0.25, -0.2) is 4.79 Å². The molecule has 1 N–H and O–H groups in total. The molecular weight excluding hydrogens is 170 g/mol. The molecule has 0 unspecified atom stereocenters. The van der Waals surface area contributed by atoms with Gasteiger partial charge >= 0.3 is 5.97 Å². The molecule has 0 atom stereocenters. The average molecular weight is 181 g/mol. The molecule has 70 valence electrons. The quantitative estimate of drug-likeness (QED) is 0.610. The third-order valence-electron chi connectivity index (χ3n) is 2.25. The SMILES string of the molecule is COC(=O)c1nn(C)c2c1CNC2. The van der Waals surface area contributed by atoms with Gasteiger partial charge in [-0.05, 0) is 0 Å². The summed E-state index contributed by atoms with van der Waals surface area (Å²) in [5, 5.41) is 7.26. The summed E-state index contributed by atoms with van der Waals surface area (Å²) in [5.74, 6) is -0.361. The molecule has 0 aliphatic carbocycles. The second kappa shape index (κ2) is 2.85. The number of aryl methyl sites for hydroxylation is 1. The van der Waals surface area contributed by atoms with Crippen LogP contribution in [0.3, 0.4) is 0 Å². The maximum absolute atomic E-state index is 11.3. The first-order valence-corrected chi connectivity index (χ1v) is 4.08. The lowest BCUT2D eigenvalue weighted by Gasteiger charge is -1.96. The Kier molecular flexibility index (Phi) is 1.81. The Balaban J connectivity index is 2.48. The molecule has 0 saturated heterocycles. The number of nitrogens with one attached hydrogen (secondary N) is 1. The van der Waals surface area contributed by atoms with Crippen molar-refractivity contribution in [2.75, 3.05) is 7.11 Å². The van der Waals surface area contributed by atoms with Gasteiger partial charge in [-0.15, -0.1) is 0 Å². The number of hydrogen-bond acceptors (Lipinski definition) is 4. The van der Waals surface area contributed by atoms with Crippen molar-refractivity contribution >= 4 is 5.97 Å². The average Bonchev–Trinajstić information content (AvgIpc) is 2.68. The topological polar surface area (TPSA) is 56.1 Å². The first-order valence-electron chi connectivity index (χ1n) is 4.08. The number of ether oxygens (including phenoxy) is 1. The molecular formula is C8H11N3O2. The van der Waals surface area contributed by atoms with E-state index in [1.54, 1.807) is 4.68 Å². The molecule has 0 radical (unpaired) electrons. The maximum atomic E-state index is 11.3. The highest BCUT2D eigenvalue weighted by Crippen LogP contribution is 2.19. The monoisotopic (exact) mass is 181 g/mol. The molecule has 0 saturated carbocycles. The van der Waals surface area contributed by atoms with E-state index in [1.165, 1.54) is 7.11 Å². The number of hydrogen-bond donors (Lipinski definition) is 1. The zero-order valence-electron chi connectivity index (χ0n) is 7.63. The Morgan fingerprint density at radius 1 is 1.62 bits per heavy atom. The fourth-order valence-corrected chi connectivity index (χ4v) is 1.58. The standard InChI is InChI=1S/C8H11N3O2/c1-11-6-4-9-3-5(6)7(10-11)8(12)13-2/h9H,3-4H2,1-2H3. The molecule has 0 bridgehead atoms. The van der Waals surface area contributed by atoms with Crippen LogP contribution in [-0.2, 0) is 24.9 Å². The van der Waals surface area contributed by atoms with E-state index in [2.05, 4.69) is 15.2 Å². The molecule has 5 nitrogen and oxygen atoms in total. The van der Waals surface area contributed by atoms with Crippen LogP contribution in [-0.4, -0.2) is 22.9 Å². The van der Waals surface area contributed by atoms with Crippen molar-refractivity contribution in [3.8, 4) is 0 Å². The lowest BCUT2D eigenvalue weighted by atomic mass is 10.2. The molecule has 5 heteroatoms. The van der Waals surface area contributed by atoms with Crippen molar-refractivity contribution in [2.24, 2.45) is 7.05 Å². The van der Waals surface area contributed by atoms with Gasteiger partial charge in [0.05, 0.1) is 12.8 Å². The van der Waals surface area contributed by atoms with Crippen LogP contribution < -0.4 is 5.32 Å². The summed E-state index contributed by atoms with van der Waals surface area (Å²) >= 11 is 0. The highest BCUT2D eigenvalue weighted by molar-refractivity contribution is 5.89. The molecule has 2 heterocycles. The Bertz CT molecular complexity index is 357. The van der Waals surface area contributed by atoms with Crippen LogP contribution in [0.5, 0.6) is 0 Å². The maximum Gasteiger partial charge on any atom is 0.358 e. The van der Waals surface area contributed by atoms with Crippen molar-refractivity contribution in [1.29, 1.82) is 0 Å². The molecule has 1 aromatic heterocycles. The molecule has 1 aliphatic heterocycles. The Labute approximate surface area is 75.7 Å². The lowest BCUT2D eigenvalue weighted by Crippen LogP contribution is -2.10. The van der Waals surface area contributed by atoms with Crippen molar-refractivity contribution in [3.05, 3.63) is 17.0 Å². The van der Waals surface area contributed by atoms with Gasteiger partial charge in [-0.2, -0.15) is 5.10 Å². The van der Waals surface area contributed by atoms with Gasteiger partial charge in [0, 0.05) is 25.7 Å². The first kappa shape index (κ1) is 8.25. The third-order valence-corrected chi connectivity index (χ3v) is 2.25. The lowest BCUT2D eigenvalue weighted by molar-refractivity contribution is 0.0592. The minimum absolute atomic E-state index is 0.361. The summed E-state index contributed by atoms with van der Waals surface area (Å²) in [4.78, 5) is 11.3. The van der Waals surface area contributed by atoms with Crippen LogP contribution in [0.1, 0.15) is 21.7 Å². The largest absolute Gasteiger partial charge is 0.464 e. The van der Waals surface area contributed by atoms with Gasteiger partial charge in [0.15, 0.2) is 5.69 Å². The van der Waals surface area contributed by atoms with E-state index >= 15 is 0 Å². The van der Waals surface area contributed by atoms with Gasteiger partial charge in [0.1, 0.15) is 0 Å². The molecule has 0 amide bonds. The predicted octanol–water partition coefficient (Wildman–Crippen LogP) is -0.190. The van der Waals surface area contributed by atoms with E-state index in [1.807, 2.05) is 7.05 Å². The second-order valence-electron chi connectivity index (χ2n) is 2.99. The van der Waals surface area contributed by atoms with E-state index in [9.17, 15) is 4.79 Å². The van der Waals surface area contributed by atoms with E-state index in [0.29, 0.717) is 12.2 Å². The van der Waals surface area contributed by atoms with Crippen LogP contribution in [0, 0.1) is 0 Å². The summed E-state index contributed by atoms with van der Waals surface area (Å²) in [5.41, 5.74) is 2.47. The van der Waals surface area contributed by atoms with Crippen molar-refractivity contribution < 1.29 is 9.53 Å². The fraction of sp³-hybridized carbons (Fsp3) is 0.500. The van der Waals surface area contributed by atoms with Crippen molar-refractivity contribution in [2.45, 2.75) is 13.1 Å². The highest BCUT2D eigenvalue weighted by Gasteiger charge is 2.24. The van der Waals surface area contributed by atoms with Crippen LogP contribution in [0.25, 0.3) is 0 Å². The third kappa shape index (κ3) is 1.12.